The summed E-state index contributed by atoms with van der Waals surface area (Å²) in [6.07, 6.45) is 2.82. The molecule has 7 nitrogen and oxygen atoms in total. The van der Waals surface area contributed by atoms with Crippen LogP contribution in [0.4, 0.5) is 5.69 Å². The van der Waals surface area contributed by atoms with E-state index in [1.54, 1.807) is 29.8 Å². The third-order valence-electron chi connectivity index (χ3n) is 5.41. The van der Waals surface area contributed by atoms with Crippen molar-refractivity contribution in [1.82, 2.24) is 14.9 Å². The van der Waals surface area contributed by atoms with E-state index in [0.29, 0.717) is 29.3 Å². The van der Waals surface area contributed by atoms with Crippen LogP contribution in [0, 0.1) is 0 Å². The second-order valence-corrected chi connectivity index (χ2v) is 9.10. The van der Waals surface area contributed by atoms with Gasteiger partial charge >= 0.3 is 0 Å². The highest BCUT2D eigenvalue weighted by Crippen LogP contribution is 2.24. The van der Waals surface area contributed by atoms with Crippen LogP contribution >= 0.6 is 11.6 Å². The number of aliphatic hydroxyl groups excluding tert-OH is 1. The van der Waals surface area contributed by atoms with E-state index < -0.39 is 0 Å². The van der Waals surface area contributed by atoms with Crippen molar-refractivity contribution in [2.75, 3.05) is 11.9 Å². The second-order valence-electron chi connectivity index (χ2n) is 8.69. The summed E-state index contributed by atoms with van der Waals surface area (Å²) in [5.41, 5.74) is 3.89. The molecule has 0 saturated carbocycles. The van der Waals surface area contributed by atoms with Crippen LogP contribution in [0.25, 0.3) is 11.3 Å². The van der Waals surface area contributed by atoms with Gasteiger partial charge in [-0.1, -0.05) is 35.9 Å². The molecule has 1 unspecified atom stereocenters. The number of carbonyl (C=O) groups is 2. The highest BCUT2D eigenvalue weighted by molar-refractivity contribution is 6.33. The van der Waals surface area contributed by atoms with Crippen molar-refractivity contribution in [1.29, 1.82) is 0 Å². The summed E-state index contributed by atoms with van der Waals surface area (Å²) in [5, 5.41) is 16.2. The predicted molar refractivity (Wildman–Crippen MR) is 136 cm³/mol. The van der Waals surface area contributed by atoms with Gasteiger partial charge in [0, 0.05) is 50.0 Å². The highest BCUT2D eigenvalue weighted by atomic mass is 35.5. The SMILES string of the molecule is CC(=O)c1nc(-c2ccc(CC(CCO)NC(=O)c3ccc(NC(C)C)c(Cl)c3)cc2)cn1C. The maximum atomic E-state index is 12.8. The molecule has 3 N–H and O–H groups in total. The Hall–Kier alpha value is -3.16. The molecule has 3 rings (SSSR count). The molecule has 180 valence electrons. The van der Waals surface area contributed by atoms with Gasteiger partial charge in [-0.2, -0.15) is 0 Å². The zero-order valence-electron chi connectivity index (χ0n) is 19.9. The molecule has 2 aromatic carbocycles. The third kappa shape index (κ3) is 6.46. The topological polar surface area (TPSA) is 96.2 Å². The number of aryl methyl sites for hydroxylation is 1. The first-order valence-corrected chi connectivity index (χ1v) is 11.7. The van der Waals surface area contributed by atoms with E-state index in [1.807, 2.05) is 44.3 Å². The molecule has 0 fully saturated rings. The van der Waals surface area contributed by atoms with Crippen molar-refractivity contribution in [3.8, 4) is 11.3 Å². The van der Waals surface area contributed by atoms with Gasteiger partial charge in [-0.3, -0.25) is 9.59 Å². The molecule has 3 aromatic rings. The fourth-order valence-corrected chi connectivity index (χ4v) is 4.00. The van der Waals surface area contributed by atoms with Gasteiger partial charge < -0.3 is 20.3 Å². The number of ketones is 1. The van der Waals surface area contributed by atoms with Gasteiger partial charge in [-0.25, -0.2) is 4.98 Å². The number of hydrogen-bond donors (Lipinski definition) is 3. The van der Waals surface area contributed by atoms with Crippen molar-refractivity contribution < 1.29 is 14.7 Å². The maximum absolute atomic E-state index is 12.8. The van der Waals surface area contributed by atoms with E-state index in [9.17, 15) is 14.7 Å². The average molecular weight is 483 g/mol. The monoisotopic (exact) mass is 482 g/mol. The third-order valence-corrected chi connectivity index (χ3v) is 5.72. The molecule has 8 heteroatoms. The Morgan fingerprint density at radius 3 is 2.41 bits per heavy atom. The number of hydrogen-bond acceptors (Lipinski definition) is 5. The van der Waals surface area contributed by atoms with Crippen LogP contribution in [0.2, 0.25) is 5.02 Å². The quantitative estimate of drug-likeness (QED) is 0.370. The smallest absolute Gasteiger partial charge is 0.251 e. The van der Waals surface area contributed by atoms with E-state index in [1.165, 1.54) is 6.92 Å². The Morgan fingerprint density at radius 1 is 1.15 bits per heavy atom. The molecule has 0 aliphatic rings. The molecule has 1 heterocycles. The summed E-state index contributed by atoms with van der Waals surface area (Å²) in [7, 11) is 1.80. The number of anilines is 1. The Bertz CT molecular complexity index is 1160. The fourth-order valence-electron chi connectivity index (χ4n) is 3.76. The molecule has 0 radical (unpaired) electrons. The van der Waals surface area contributed by atoms with Crippen molar-refractivity contribution in [3.05, 3.63) is 70.6 Å². The van der Waals surface area contributed by atoms with Crippen LogP contribution in [-0.2, 0) is 13.5 Å². The van der Waals surface area contributed by atoms with Gasteiger partial charge in [0.05, 0.1) is 16.4 Å². The van der Waals surface area contributed by atoms with Crippen molar-refractivity contribution >= 4 is 29.0 Å². The number of imidazole rings is 1. The first-order valence-electron chi connectivity index (χ1n) is 11.3. The molecule has 34 heavy (non-hydrogen) atoms. The summed E-state index contributed by atoms with van der Waals surface area (Å²) < 4.78 is 1.72. The van der Waals surface area contributed by atoms with Crippen LogP contribution in [0.15, 0.2) is 48.7 Å². The van der Waals surface area contributed by atoms with Crippen molar-refractivity contribution in [3.63, 3.8) is 0 Å². The highest BCUT2D eigenvalue weighted by Gasteiger charge is 2.16. The summed E-state index contributed by atoms with van der Waals surface area (Å²) in [4.78, 5) is 28.9. The molecule has 1 amide bonds. The summed E-state index contributed by atoms with van der Waals surface area (Å²) >= 11 is 6.33. The lowest BCUT2D eigenvalue weighted by molar-refractivity contribution is 0.0929. The lowest BCUT2D eigenvalue weighted by atomic mass is 10.0. The number of rotatable bonds is 10. The van der Waals surface area contributed by atoms with Crippen LogP contribution in [-0.4, -0.2) is 45.0 Å². The number of aliphatic hydroxyl groups is 1. The summed E-state index contributed by atoms with van der Waals surface area (Å²) in [6.45, 7) is 5.49. The second kappa shape index (κ2) is 11.3. The number of carbonyl (C=O) groups excluding carboxylic acids is 2. The van der Waals surface area contributed by atoms with E-state index in [2.05, 4.69) is 15.6 Å². The average Bonchev–Trinajstić information content (AvgIpc) is 3.17. The van der Waals surface area contributed by atoms with Gasteiger partial charge in [-0.15, -0.1) is 0 Å². The largest absolute Gasteiger partial charge is 0.396 e. The number of nitrogens with one attached hydrogen (secondary N) is 2. The number of aromatic nitrogens is 2. The van der Waals surface area contributed by atoms with Crippen molar-refractivity contribution in [2.45, 2.75) is 45.7 Å². The lowest BCUT2D eigenvalue weighted by Gasteiger charge is -2.19. The number of nitrogens with zero attached hydrogens (tertiary/aromatic N) is 2. The zero-order chi connectivity index (χ0) is 24.8. The van der Waals surface area contributed by atoms with E-state index >= 15 is 0 Å². The van der Waals surface area contributed by atoms with E-state index in [4.69, 9.17) is 11.6 Å². The molecule has 0 aliphatic heterocycles. The molecule has 1 aromatic heterocycles. The first kappa shape index (κ1) is 25.5. The number of amides is 1. The lowest BCUT2D eigenvalue weighted by Crippen LogP contribution is -2.37. The molecule has 0 aliphatic carbocycles. The van der Waals surface area contributed by atoms with Gasteiger partial charge in [-0.05, 0) is 50.5 Å². The minimum absolute atomic E-state index is 0.0389. The van der Waals surface area contributed by atoms with Crippen LogP contribution in [0.1, 0.15) is 53.7 Å². The molecule has 0 saturated heterocycles. The minimum atomic E-state index is -0.241. The molecular weight excluding hydrogens is 452 g/mol. The van der Waals surface area contributed by atoms with Gasteiger partial charge in [0.2, 0.25) is 0 Å². The minimum Gasteiger partial charge on any atom is -0.396 e. The molecular formula is C26H31ClN4O3. The van der Waals surface area contributed by atoms with E-state index in [-0.39, 0.29) is 30.4 Å². The van der Waals surface area contributed by atoms with Crippen LogP contribution < -0.4 is 10.6 Å². The van der Waals surface area contributed by atoms with E-state index in [0.717, 1.165) is 22.5 Å². The Balaban J connectivity index is 1.69. The van der Waals surface area contributed by atoms with Crippen LogP contribution in [0.5, 0.6) is 0 Å². The zero-order valence-corrected chi connectivity index (χ0v) is 20.7. The van der Waals surface area contributed by atoms with Crippen LogP contribution in [0.3, 0.4) is 0 Å². The molecule has 0 spiro atoms. The normalized spacial score (nSPS) is 12.0. The standard InChI is InChI=1S/C26H31ClN4O3/c1-16(2)28-23-10-9-20(14-22(23)27)26(34)29-21(11-12-32)13-18-5-7-19(8-6-18)24-15-31(4)25(30-24)17(3)33/h5-10,14-16,21,28,32H,11-13H2,1-4H3,(H,29,34). The summed E-state index contributed by atoms with van der Waals surface area (Å²) in [5.74, 6) is 0.0938. The van der Waals surface area contributed by atoms with Gasteiger partial charge in [0.25, 0.3) is 5.91 Å². The van der Waals surface area contributed by atoms with Gasteiger partial charge in [0.15, 0.2) is 11.6 Å². The Kier molecular flexibility index (Phi) is 8.47. The maximum Gasteiger partial charge on any atom is 0.251 e. The Labute approximate surface area is 205 Å². The molecule has 1 atom stereocenters. The fraction of sp³-hybridized carbons (Fsp3) is 0.346. The Morgan fingerprint density at radius 2 is 1.85 bits per heavy atom. The number of Topliss-reactive ketones (excluding diaryl/α,β-unsaturated/α-hetero) is 1. The number of benzene rings is 2. The summed E-state index contributed by atoms with van der Waals surface area (Å²) in [6, 6.07) is 13.0. The molecule has 0 bridgehead atoms. The predicted octanol–water partition coefficient (Wildman–Crippen LogP) is 4.49. The van der Waals surface area contributed by atoms with Gasteiger partial charge in [0.1, 0.15) is 0 Å². The number of halogens is 1. The first-order chi connectivity index (χ1) is 16.2. The van der Waals surface area contributed by atoms with Crippen molar-refractivity contribution in [2.24, 2.45) is 7.05 Å².